The van der Waals surface area contributed by atoms with Gasteiger partial charge in [-0.25, -0.2) is 0 Å². The van der Waals surface area contributed by atoms with Gasteiger partial charge in [0.25, 0.3) is 0 Å². The predicted octanol–water partition coefficient (Wildman–Crippen LogP) is 2.80. The minimum atomic E-state index is 0.877. The lowest BCUT2D eigenvalue weighted by Gasteiger charge is -2.39. The van der Waals surface area contributed by atoms with Gasteiger partial charge in [-0.15, -0.1) is 0 Å². The van der Waals surface area contributed by atoms with E-state index in [1.165, 1.54) is 51.5 Å². The molecule has 1 nitrogen and oxygen atoms in total. The minimum Gasteiger partial charge on any atom is -0.298 e. The molecular weight excluding hydrogens is 146 g/mol. The standard InChI is InChI=1S/C11H21N/c1-10-6-5-8-11-7-3-2-4-9-12(10)11/h10-11H,2-9H2,1H3/t10-,11?/m0/s1. The Hall–Kier alpha value is -0.0400. The lowest BCUT2D eigenvalue weighted by molar-refractivity contribution is 0.0963. The van der Waals surface area contributed by atoms with Crippen LogP contribution in [0, 0.1) is 0 Å². The summed E-state index contributed by atoms with van der Waals surface area (Å²) in [5, 5.41) is 0. The topological polar surface area (TPSA) is 3.24 Å². The number of piperidine rings is 1. The smallest absolute Gasteiger partial charge is 0.00980 e. The Labute approximate surface area is 76.1 Å². The minimum absolute atomic E-state index is 0.877. The maximum atomic E-state index is 2.77. The van der Waals surface area contributed by atoms with Gasteiger partial charge in [-0.1, -0.05) is 19.3 Å². The van der Waals surface area contributed by atoms with E-state index in [-0.39, 0.29) is 0 Å². The van der Waals surface area contributed by atoms with Crippen LogP contribution in [0.2, 0.25) is 0 Å². The van der Waals surface area contributed by atoms with Crippen LogP contribution in [-0.4, -0.2) is 23.5 Å². The molecule has 1 heteroatoms. The first-order chi connectivity index (χ1) is 5.88. The van der Waals surface area contributed by atoms with Gasteiger partial charge in [0.2, 0.25) is 0 Å². The van der Waals surface area contributed by atoms with Gasteiger partial charge in [0.05, 0.1) is 0 Å². The molecule has 0 radical (unpaired) electrons. The Morgan fingerprint density at radius 3 is 2.67 bits per heavy atom. The highest BCUT2D eigenvalue weighted by Crippen LogP contribution is 2.28. The molecule has 0 amide bonds. The van der Waals surface area contributed by atoms with Crippen LogP contribution in [-0.2, 0) is 0 Å². The molecule has 70 valence electrons. The summed E-state index contributed by atoms with van der Waals surface area (Å²) in [5.41, 5.74) is 0. The fourth-order valence-electron chi connectivity index (χ4n) is 2.90. The highest BCUT2D eigenvalue weighted by Gasteiger charge is 2.28. The van der Waals surface area contributed by atoms with Crippen LogP contribution in [0.4, 0.5) is 0 Å². The fourth-order valence-corrected chi connectivity index (χ4v) is 2.90. The van der Waals surface area contributed by atoms with Gasteiger partial charge in [0.1, 0.15) is 0 Å². The highest BCUT2D eigenvalue weighted by atomic mass is 15.2. The van der Waals surface area contributed by atoms with E-state index in [1.807, 2.05) is 0 Å². The van der Waals surface area contributed by atoms with E-state index in [0.29, 0.717) is 0 Å². The van der Waals surface area contributed by atoms with Crippen LogP contribution in [0.15, 0.2) is 0 Å². The molecule has 0 aromatic rings. The van der Waals surface area contributed by atoms with Crippen LogP contribution < -0.4 is 0 Å². The summed E-state index contributed by atoms with van der Waals surface area (Å²) in [6.45, 7) is 3.79. The first kappa shape index (κ1) is 8.55. The quantitative estimate of drug-likeness (QED) is 0.536. The van der Waals surface area contributed by atoms with Crippen LogP contribution in [0.5, 0.6) is 0 Å². The highest BCUT2D eigenvalue weighted by molar-refractivity contribution is 4.83. The molecule has 2 aliphatic rings. The molecular formula is C11H21N. The maximum Gasteiger partial charge on any atom is 0.00980 e. The molecule has 2 saturated heterocycles. The Morgan fingerprint density at radius 2 is 1.75 bits per heavy atom. The summed E-state index contributed by atoms with van der Waals surface area (Å²) < 4.78 is 0. The van der Waals surface area contributed by atoms with Crippen molar-refractivity contribution in [1.29, 1.82) is 0 Å². The summed E-state index contributed by atoms with van der Waals surface area (Å²) in [6.07, 6.45) is 10.3. The number of rotatable bonds is 0. The monoisotopic (exact) mass is 167 g/mol. The molecule has 12 heavy (non-hydrogen) atoms. The summed E-state index contributed by atoms with van der Waals surface area (Å²) in [5.74, 6) is 0. The normalized spacial score (nSPS) is 38.8. The number of hydrogen-bond donors (Lipinski definition) is 0. The summed E-state index contributed by atoms with van der Waals surface area (Å²) in [4.78, 5) is 2.77. The third-order valence-corrected chi connectivity index (χ3v) is 3.65. The van der Waals surface area contributed by atoms with E-state index in [0.717, 1.165) is 12.1 Å². The summed E-state index contributed by atoms with van der Waals surface area (Å²) in [6, 6.07) is 1.83. The Balaban J connectivity index is 2.00. The molecule has 0 bridgehead atoms. The molecule has 2 heterocycles. The second-order valence-electron chi connectivity index (χ2n) is 4.52. The van der Waals surface area contributed by atoms with Crippen molar-refractivity contribution in [3.63, 3.8) is 0 Å². The molecule has 0 aliphatic carbocycles. The third-order valence-electron chi connectivity index (χ3n) is 3.65. The van der Waals surface area contributed by atoms with Crippen LogP contribution >= 0.6 is 0 Å². The first-order valence-electron chi connectivity index (χ1n) is 5.63. The van der Waals surface area contributed by atoms with Crippen LogP contribution in [0.25, 0.3) is 0 Å². The number of fused-ring (bicyclic) bond motifs is 1. The zero-order valence-electron chi connectivity index (χ0n) is 8.26. The summed E-state index contributed by atoms with van der Waals surface area (Å²) >= 11 is 0. The van der Waals surface area contributed by atoms with Gasteiger partial charge in [-0.2, -0.15) is 0 Å². The Morgan fingerprint density at radius 1 is 0.917 bits per heavy atom. The molecule has 0 aromatic heterocycles. The van der Waals surface area contributed by atoms with Gasteiger partial charge >= 0.3 is 0 Å². The molecule has 0 aromatic carbocycles. The summed E-state index contributed by atoms with van der Waals surface area (Å²) in [7, 11) is 0. The van der Waals surface area contributed by atoms with Crippen molar-refractivity contribution >= 4 is 0 Å². The van der Waals surface area contributed by atoms with E-state index >= 15 is 0 Å². The largest absolute Gasteiger partial charge is 0.298 e. The molecule has 2 atom stereocenters. The molecule has 2 rings (SSSR count). The number of hydrogen-bond acceptors (Lipinski definition) is 1. The van der Waals surface area contributed by atoms with Crippen molar-refractivity contribution < 1.29 is 0 Å². The zero-order valence-corrected chi connectivity index (χ0v) is 8.26. The van der Waals surface area contributed by atoms with Crippen molar-refractivity contribution in [1.82, 2.24) is 4.90 Å². The SMILES string of the molecule is C[C@H]1CCCC2CCCCCN21. The van der Waals surface area contributed by atoms with E-state index in [2.05, 4.69) is 11.8 Å². The van der Waals surface area contributed by atoms with Crippen LogP contribution in [0.3, 0.4) is 0 Å². The van der Waals surface area contributed by atoms with Crippen molar-refractivity contribution in [2.45, 2.75) is 64.0 Å². The number of nitrogens with zero attached hydrogens (tertiary/aromatic N) is 1. The van der Waals surface area contributed by atoms with Crippen molar-refractivity contribution in [2.24, 2.45) is 0 Å². The van der Waals surface area contributed by atoms with E-state index in [1.54, 1.807) is 0 Å². The van der Waals surface area contributed by atoms with E-state index in [9.17, 15) is 0 Å². The van der Waals surface area contributed by atoms with Gasteiger partial charge < -0.3 is 0 Å². The maximum absolute atomic E-state index is 2.77. The van der Waals surface area contributed by atoms with E-state index < -0.39 is 0 Å². The molecule has 2 aliphatic heterocycles. The molecule has 0 N–H and O–H groups in total. The first-order valence-corrected chi connectivity index (χ1v) is 5.63. The molecule has 1 unspecified atom stereocenters. The molecule has 2 fully saturated rings. The van der Waals surface area contributed by atoms with Gasteiger partial charge in [-0.05, 0) is 39.2 Å². The Bertz CT molecular complexity index is 144. The zero-order chi connectivity index (χ0) is 8.39. The van der Waals surface area contributed by atoms with Crippen LogP contribution in [0.1, 0.15) is 51.9 Å². The average molecular weight is 167 g/mol. The van der Waals surface area contributed by atoms with Gasteiger partial charge in [0.15, 0.2) is 0 Å². The van der Waals surface area contributed by atoms with Crippen molar-refractivity contribution in [3.8, 4) is 0 Å². The van der Waals surface area contributed by atoms with E-state index in [4.69, 9.17) is 0 Å². The molecule has 0 saturated carbocycles. The lowest BCUT2D eigenvalue weighted by atomic mass is 9.94. The second kappa shape index (κ2) is 3.78. The molecule has 0 spiro atoms. The predicted molar refractivity (Wildman–Crippen MR) is 52.3 cm³/mol. The third kappa shape index (κ3) is 1.66. The Kier molecular flexibility index (Phi) is 2.69. The van der Waals surface area contributed by atoms with Crippen molar-refractivity contribution in [3.05, 3.63) is 0 Å². The van der Waals surface area contributed by atoms with Gasteiger partial charge in [0, 0.05) is 12.1 Å². The van der Waals surface area contributed by atoms with Crippen molar-refractivity contribution in [2.75, 3.05) is 6.54 Å². The van der Waals surface area contributed by atoms with Gasteiger partial charge in [-0.3, -0.25) is 4.90 Å². The average Bonchev–Trinajstić information content (AvgIpc) is 2.30. The lowest BCUT2D eigenvalue weighted by Crippen LogP contribution is -2.44. The fraction of sp³-hybridized carbons (Fsp3) is 1.00. The second-order valence-corrected chi connectivity index (χ2v) is 4.52.